The minimum Gasteiger partial charge on any atom is -0.318 e. The molecule has 0 atom stereocenters. The van der Waals surface area contributed by atoms with Crippen LogP contribution in [-0.4, -0.2) is 45.7 Å². The van der Waals surface area contributed by atoms with Gasteiger partial charge in [-0.05, 0) is 26.1 Å². The summed E-state index contributed by atoms with van der Waals surface area (Å²) in [5, 5.41) is 3.83. The molecule has 90 valence electrons. The fraction of sp³-hybridized carbons (Fsp3) is 0.800. The van der Waals surface area contributed by atoms with E-state index in [-0.39, 0.29) is 0 Å². The van der Waals surface area contributed by atoms with Crippen LogP contribution >= 0.6 is 11.6 Å². The van der Waals surface area contributed by atoms with Gasteiger partial charge < -0.3 is 15.6 Å². The summed E-state index contributed by atoms with van der Waals surface area (Å²) < 4.78 is 0. The minimum absolute atomic E-state index is 0.705. The SMILES string of the molecule is CC/C(CN(C)CCNC)=C(/Cl)NNC. The van der Waals surface area contributed by atoms with E-state index in [9.17, 15) is 0 Å². The van der Waals surface area contributed by atoms with E-state index in [4.69, 9.17) is 11.6 Å². The number of hydrogen-bond acceptors (Lipinski definition) is 4. The number of nitrogens with one attached hydrogen (secondary N) is 3. The van der Waals surface area contributed by atoms with Crippen LogP contribution in [0, 0.1) is 0 Å². The summed E-state index contributed by atoms with van der Waals surface area (Å²) >= 11 is 6.09. The molecule has 0 aromatic rings. The Hall–Kier alpha value is -0.290. The Kier molecular flexibility index (Phi) is 8.80. The van der Waals surface area contributed by atoms with Crippen molar-refractivity contribution in [1.29, 1.82) is 0 Å². The van der Waals surface area contributed by atoms with Crippen LogP contribution < -0.4 is 16.2 Å². The molecule has 0 saturated carbocycles. The predicted octanol–water partition coefficient (Wildman–Crippen LogP) is 0.722. The van der Waals surface area contributed by atoms with Crippen molar-refractivity contribution in [3.63, 3.8) is 0 Å². The van der Waals surface area contributed by atoms with Gasteiger partial charge >= 0.3 is 0 Å². The lowest BCUT2D eigenvalue weighted by Crippen LogP contribution is -2.31. The summed E-state index contributed by atoms with van der Waals surface area (Å²) in [6.45, 7) is 5.01. The van der Waals surface area contributed by atoms with Crippen molar-refractivity contribution in [3.8, 4) is 0 Å². The zero-order valence-corrected chi connectivity index (χ0v) is 10.9. The smallest absolute Gasteiger partial charge is 0.116 e. The molecule has 0 rings (SSSR count). The van der Waals surface area contributed by atoms with E-state index in [2.05, 4.69) is 35.0 Å². The Morgan fingerprint density at radius 3 is 2.47 bits per heavy atom. The lowest BCUT2D eigenvalue weighted by molar-refractivity contribution is 0.358. The highest BCUT2D eigenvalue weighted by molar-refractivity contribution is 6.29. The molecule has 0 radical (unpaired) electrons. The van der Waals surface area contributed by atoms with Gasteiger partial charge in [0, 0.05) is 26.7 Å². The molecule has 0 bridgehead atoms. The molecule has 0 aliphatic rings. The van der Waals surface area contributed by atoms with Gasteiger partial charge in [0.15, 0.2) is 0 Å². The quantitative estimate of drug-likeness (QED) is 0.428. The van der Waals surface area contributed by atoms with Crippen molar-refractivity contribution in [2.45, 2.75) is 13.3 Å². The van der Waals surface area contributed by atoms with E-state index in [0.29, 0.717) is 5.16 Å². The zero-order valence-electron chi connectivity index (χ0n) is 10.2. The van der Waals surface area contributed by atoms with Gasteiger partial charge in [0.05, 0.1) is 0 Å². The van der Waals surface area contributed by atoms with E-state index in [1.54, 1.807) is 7.05 Å². The van der Waals surface area contributed by atoms with E-state index in [1.165, 1.54) is 5.57 Å². The molecule has 0 heterocycles. The highest BCUT2D eigenvalue weighted by Crippen LogP contribution is 2.10. The molecule has 5 heteroatoms. The van der Waals surface area contributed by atoms with Crippen molar-refractivity contribution >= 4 is 11.6 Å². The first-order valence-corrected chi connectivity index (χ1v) is 5.66. The topological polar surface area (TPSA) is 39.3 Å². The monoisotopic (exact) mass is 234 g/mol. The summed E-state index contributed by atoms with van der Waals surface area (Å²) in [6.07, 6.45) is 0.956. The molecule has 0 aromatic carbocycles. The highest BCUT2D eigenvalue weighted by Gasteiger charge is 2.05. The van der Waals surface area contributed by atoms with Crippen LogP contribution in [0.5, 0.6) is 0 Å². The van der Waals surface area contributed by atoms with Crippen molar-refractivity contribution < 1.29 is 0 Å². The average molecular weight is 235 g/mol. The standard InChI is InChI=1S/C10H23ClN4/c1-5-9(10(11)14-13-3)8-15(4)7-6-12-2/h12-14H,5-8H2,1-4H3/b10-9+. The molecular formula is C10H23ClN4. The molecule has 15 heavy (non-hydrogen) atoms. The number of hydrogen-bond donors (Lipinski definition) is 3. The summed E-state index contributed by atoms with van der Waals surface area (Å²) in [5.41, 5.74) is 6.95. The maximum atomic E-state index is 6.09. The molecule has 0 saturated heterocycles. The number of hydrazine groups is 1. The number of rotatable bonds is 8. The summed E-state index contributed by atoms with van der Waals surface area (Å²) in [7, 11) is 5.86. The highest BCUT2D eigenvalue weighted by atomic mass is 35.5. The molecule has 0 aliphatic heterocycles. The van der Waals surface area contributed by atoms with Gasteiger partial charge in [-0.3, -0.25) is 0 Å². The number of nitrogens with zero attached hydrogens (tertiary/aromatic N) is 1. The first-order chi connectivity index (χ1) is 7.15. The summed E-state index contributed by atoms with van der Waals surface area (Å²) in [4.78, 5) is 2.25. The minimum atomic E-state index is 0.705. The predicted molar refractivity (Wildman–Crippen MR) is 66.8 cm³/mol. The normalized spacial score (nSPS) is 12.9. The van der Waals surface area contributed by atoms with E-state index >= 15 is 0 Å². The molecule has 0 fully saturated rings. The molecule has 0 aromatic heterocycles. The molecule has 0 aliphatic carbocycles. The Balaban J connectivity index is 4.13. The second-order valence-electron chi connectivity index (χ2n) is 3.49. The van der Waals surface area contributed by atoms with E-state index in [1.807, 2.05) is 7.05 Å². The Bertz CT molecular complexity index is 194. The van der Waals surface area contributed by atoms with E-state index in [0.717, 1.165) is 26.1 Å². The van der Waals surface area contributed by atoms with Crippen LogP contribution in [0.1, 0.15) is 13.3 Å². The van der Waals surface area contributed by atoms with Crippen LogP contribution in [0.3, 0.4) is 0 Å². The van der Waals surface area contributed by atoms with Crippen LogP contribution in [0.15, 0.2) is 10.7 Å². The molecule has 3 N–H and O–H groups in total. The summed E-state index contributed by atoms with van der Waals surface area (Å²) in [5.74, 6) is 0. The number of halogens is 1. The van der Waals surface area contributed by atoms with Crippen molar-refractivity contribution in [2.75, 3.05) is 40.8 Å². The zero-order chi connectivity index (χ0) is 11.7. The second kappa shape index (κ2) is 8.97. The van der Waals surface area contributed by atoms with E-state index < -0.39 is 0 Å². The maximum Gasteiger partial charge on any atom is 0.116 e. The maximum absolute atomic E-state index is 6.09. The van der Waals surface area contributed by atoms with Crippen molar-refractivity contribution in [1.82, 2.24) is 21.1 Å². The first-order valence-electron chi connectivity index (χ1n) is 5.29. The first kappa shape index (κ1) is 14.7. The third-order valence-electron chi connectivity index (χ3n) is 2.18. The van der Waals surface area contributed by atoms with Crippen LogP contribution in [0.25, 0.3) is 0 Å². The summed E-state index contributed by atoms with van der Waals surface area (Å²) in [6, 6.07) is 0. The lowest BCUT2D eigenvalue weighted by Gasteiger charge is -2.19. The molecule has 0 unspecified atom stereocenters. The van der Waals surface area contributed by atoms with Crippen LogP contribution in [-0.2, 0) is 0 Å². The molecule has 0 amide bonds. The van der Waals surface area contributed by atoms with Gasteiger partial charge in [-0.1, -0.05) is 18.5 Å². The lowest BCUT2D eigenvalue weighted by atomic mass is 10.2. The molecular weight excluding hydrogens is 212 g/mol. The van der Waals surface area contributed by atoms with Crippen LogP contribution in [0.2, 0.25) is 0 Å². The van der Waals surface area contributed by atoms with Gasteiger partial charge in [0.25, 0.3) is 0 Å². The van der Waals surface area contributed by atoms with Gasteiger partial charge in [0.1, 0.15) is 5.16 Å². The van der Waals surface area contributed by atoms with Gasteiger partial charge in [-0.15, -0.1) is 0 Å². The van der Waals surface area contributed by atoms with Crippen LogP contribution in [0.4, 0.5) is 0 Å². The van der Waals surface area contributed by atoms with Gasteiger partial charge in [-0.25, -0.2) is 5.43 Å². The Labute approximate surface area is 98.0 Å². The third kappa shape index (κ3) is 6.73. The second-order valence-corrected chi connectivity index (χ2v) is 3.87. The Morgan fingerprint density at radius 2 is 2.00 bits per heavy atom. The largest absolute Gasteiger partial charge is 0.318 e. The average Bonchev–Trinajstić information content (AvgIpc) is 2.23. The van der Waals surface area contributed by atoms with Gasteiger partial charge in [0.2, 0.25) is 0 Å². The number of likely N-dealkylation sites (N-methyl/N-ethyl adjacent to an activating group) is 2. The Morgan fingerprint density at radius 1 is 1.33 bits per heavy atom. The van der Waals surface area contributed by atoms with Crippen molar-refractivity contribution in [2.24, 2.45) is 0 Å². The molecule has 4 nitrogen and oxygen atoms in total. The fourth-order valence-electron chi connectivity index (χ4n) is 1.24. The van der Waals surface area contributed by atoms with Crippen molar-refractivity contribution in [3.05, 3.63) is 10.7 Å². The third-order valence-corrected chi connectivity index (χ3v) is 2.54. The fourth-order valence-corrected chi connectivity index (χ4v) is 1.53. The van der Waals surface area contributed by atoms with Gasteiger partial charge in [-0.2, -0.15) is 0 Å². The molecule has 0 spiro atoms.